The molecule has 148 valence electrons. The number of rotatable bonds is 5. The SMILES string of the molecule is CC(C)Oc1cc(O)ccc1NC(=O)OCC1c2ccccc2-c2ccccc21. The van der Waals surface area contributed by atoms with Gasteiger partial charge in [-0.05, 0) is 48.2 Å². The molecule has 0 atom stereocenters. The third-order valence-electron chi connectivity index (χ3n) is 4.91. The smallest absolute Gasteiger partial charge is 0.411 e. The summed E-state index contributed by atoms with van der Waals surface area (Å²) in [6.45, 7) is 3.99. The number of carbonyl (C=O) groups excluding carboxylic acids is 1. The lowest BCUT2D eigenvalue weighted by Gasteiger charge is -2.17. The van der Waals surface area contributed by atoms with Crippen molar-refractivity contribution in [3.63, 3.8) is 0 Å². The third-order valence-corrected chi connectivity index (χ3v) is 4.91. The first-order valence-corrected chi connectivity index (χ1v) is 9.64. The van der Waals surface area contributed by atoms with Gasteiger partial charge in [0.15, 0.2) is 0 Å². The number of hydrogen-bond donors (Lipinski definition) is 2. The summed E-state index contributed by atoms with van der Waals surface area (Å²) < 4.78 is 11.2. The van der Waals surface area contributed by atoms with E-state index in [1.165, 1.54) is 23.3 Å². The largest absolute Gasteiger partial charge is 0.508 e. The lowest BCUT2D eigenvalue weighted by molar-refractivity contribution is 0.158. The van der Waals surface area contributed by atoms with Crippen LogP contribution in [-0.4, -0.2) is 23.9 Å². The van der Waals surface area contributed by atoms with Gasteiger partial charge in [-0.25, -0.2) is 4.79 Å². The van der Waals surface area contributed by atoms with Gasteiger partial charge in [-0.15, -0.1) is 0 Å². The molecule has 0 aliphatic heterocycles. The Balaban J connectivity index is 1.49. The van der Waals surface area contributed by atoms with Crippen LogP contribution < -0.4 is 10.1 Å². The van der Waals surface area contributed by atoms with Crippen LogP contribution in [0.2, 0.25) is 0 Å². The molecule has 4 rings (SSSR count). The third kappa shape index (κ3) is 3.90. The van der Waals surface area contributed by atoms with Crippen LogP contribution in [0.1, 0.15) is 30.9 Å². The number of aromatic hydroxyl groups is 1. The summed E-state index contributed by atoms with van der Waals surface area (Å²) >= 11 is 0. The molecule has 0 spiro atoms. The monoisotopic (exact) mass is 389 g/mol. The molecule has 0 radical (unpaired) electrons. The van der Waals surface area contributed by atoms with Crippen LogP contribution in [-0.2, 0) is 4.74 Å². The highest BCUT2D eigenvalue weighted by molar-refractivity contribution is 5.87. The van der Waals surface area contributed by atoms with Crippen molar-refractivity contribution >= 4 is 11.8 Å². The van der Waals surface area contributed by atoms with Gasteiger partial charge >= 0.3 is 6.09 Å². The number of hydrogen-bond acceptors (Lipinski definition) is 4. The molecule has 0 heterocycles. The van der Waals surface area contributed by atoms with Crippen LogP contribution in [0.3, 0.4) is 0 Å². The van der Waals surface area contributed by atoms with E-state index >= 15 is 0 Å². The molecule has 1 aliphatic rings. The van der Waals surface area contributed by atoms with E-state index in [9.17, 15) is 9.90 Å². The Morgan fingerprint density at radius 3 is 2.24 bits per heavy atom. The normalized spacial score (nSPS) is 12.4. The lowest BCUT2D eigenvalue weighted by atomic mass is 9.98. The van der Waals surface area contributed by atoms with E-state index in [0.29, 0.717) is 11.4 Å². The highest BCUT2D eigenvalue weighted by Crippen LogP contribution is 2.44. The minimum Gasteiger partial charge on any atom is -0.508 e. The zero-order chi connectivity index (χ0) is 20.4. The van der Waals surface area contributed by atoms with Gasteiger partial charge in [0.25, 0.3) is 0 Å². The van der Waals surface area contributed by atoms with Gasteiger partial charge in [0.05, 0.1) is 11.8 Å². The Hall–Kier alpha value is -3.47. The summed E-state index contributed by atoms with van der Waals surface area (Å²) in [6.07, 6.45) is -0.661. The Morgan fingerprint density at radius 2 is 1.62 bits per heavy atom. The second kappa shape index (κ2) is 7.87. The number of benzene rings is 3. The number of ether oxygens (including phenoxy) is 2. The van der Waals surface area contributed by atoms with Gasteiger partial charge in [-0.2, -0.15) is 0 Å². The molecule has 1 aliphatic carbocycles. The fraction of sp³-hybridized carbons (Fsp3) is 0.208. The van der Waals surface area contributed by atoms with Crippen LogP contribution in [0.25, 0.3) is 11.1 Å². The average Bonchev–Trinajstić information content (AvgIpc) is 3.02. The quantitative estimate of drug-likeness (QED) is 0.562. The fourth-order valence-electron chi connectivity index (χ4n) is 3.71. The van der Waals surface area contributed by atoms with Crippen molar-refractivity contribution in [2.75, 3.05) is 11.9 Å². The maximum absolute atomic E-state index is 12.5. The molecule has 0 bridgehead atoms. The number of amides is 1. The first-order chi connectivity index (χ1) is 14.0. The minimum absolute atomic E-state index is 0.000600. The van der Waals surface area contributed by atoms with Crippen LogP contribution >= 0.6 is 0 Å². The maximum Gasteiger partial charge on any atom is 0.411 e. The van der Waals surface area contributed by atoms with Crippen molar-refractivity contribution in [1.29, 1.82) is 0 Å². The molecule has 2 N–H and O–H groups in total. The molecule has 3 aromatic carbocycles. The number of nitrogens with one attached hydrogen (secondary N) is 1. The van der Waals surface area contributed by atoms with Crippen molar-refractivity contribution in [2.45, 2.75) is 25.9 Å². The van der Waals surface area contributed by atoms with Gasteiger partial charge in [0.1, 0.15) is 18.1 Å². The van der Waals surface area contributed by atoms with E-state index in [1.54, 1.807) is 6.07 Å². The highest BCUT2D eigenvalue weighted by Gasteiger charge is 2.29. The summed E-state index contributed by atoms with van der Waals surface area (Å²) in [6, 6.07) is 21.0. The zero-order valence-electron chi connectivity index (χ0n) is 16.4. The maximum atomic E-state index is 12.5. The Morgan fingerprint density at radius 1 is 1.00 bits per heavy atom. The molecular formula is C24H23NO4. The predicted octanol–water partition coefficient (Wildman–Crippen LogP) is 5.54. The van der Waals surface area contributed by atoms with E-state index in [0.717, 1.165) is 11.1 Å². The number of anilines is 1. The summed E-state index contributed by atoms with van der Waals surface area (Å²) in [4.78, 5) is 12.5. The van der Waals surface area contributed by atoms with Gasteiger partial charge in [-0.3, -0.25) is 5.32 Å². The summed E-state index contributed by atoms with van der Waals surface area (Å²) in [5, 5.41) is 12.4. The van der Waals surface area contributed by atoms with Crippen molar-refractivity contribution in [3.05, 3.63) is 77.9 Å². The first-order valence-electron chi connectivity index (χ1n) is 9.64. The highest BCUT2D eigenvalue weighted by atomic mass is 16.5. The Kier molecular flexibility index (Phi) is 5.12. The molecule has 29 heavy (non-hydrogen) atoms. The van der Waals surface area contributed by atoms with E-state index < -0.39 is 6.09 Å². The molecular weight excluding hydrogens is 366 g/mol. The Labute approximate surface area is 169 Å². The summed E-state index contributed by atoms with van der Waals surface area (Å²) in [7, 11) is 0. The molecule has 0 saturated heterocycles. The van der Waals surface area contributed by atoms with Crippen LogP contribution in [0.5, 0.6) is 11.5 Å². The minimum atomic E-state index is -0.564. The standard InChI is InChI=1S/C24H23NO4/c1-15(2)29-23-13-16(26)11-12-22(23)25-24(27)28-14-21-19-9-5-3-7-17(19)18-8-4-6-10-20(18)21/h3-13,15,21,26H,14H2,1-2H3,(H,25,27). The van der Waals surface area contributed by atoms with E-state index in [1.807, 2.05) is 38.1 Å². The van der Waals surface area contributed by atoms with Crippen LogP contribution in [0.4, 0.5) is 10.5 Å². The summed E-state index contributed by atoms with van der Waals surface area (Å²) in [5.41, 5.74) is 5.14. The topological polar surface area (TPSA) is 67.8 Å². The number of carbonyl (C=O) groups is 1. The van der Waals surface area contributed by atoms with Gasteiger partial charge in [0, 0.05) is 12.0 Å². The molecule has 0 fully saturated rings. The van der Waals surface area contributed by atoms with Crippen molar-refractivity contribution in [1.82, 2.24) is 0 Å². The fourth-order valence-corrected chi connectivity index (χ4v) is 3.71. The van der Waals surface area contributed by atoms with E-state index in [4.69, 9.17) is 9.47 Å². The van der Waals surface area contributed by atoms with E-state index in [-0.39, 0.29) is 24.4 Å². The molecule has 3 aromatic rings. The molecule has 5 nitrogen and oxygen atoms in total. The van der Waals surface area contributed by atoms with Crippen molar-refractivity contribution in [3.8, 4) is 22.6 Å². The number of phenols is 1. The van der Waals surface area contributed by atoms with Crippen molar-refractivity contribution in [2.24, 2.45) is 0 Å². The molecule has 0 aromatic heterocycles. The Bertz CT molecular complexity index is 999. The van der Waals surface area contributed by atoms with Crippen LogP contribution in [0, 0.1) is 0 Å². The van der Waals surface area contributed by atoms with Gasteiger partial charge in [-0.1, -0.05) is 48.5 Å². The van der Waals surface area contributed by atoms with Gasteiger partial charge < -0.3 is 14.6 Å². The van der Waals surface area contributed by atoms with Crippen LogP contribution in [0.15, 0.2) is 66.7 Å². The zero-order valence-corrected chi connectivity index (χ0v) is 16.4. The van der Waals surface area contributed by atoms with Gasteiger partial charge in [0.2, 0.25) is 0 Å². The molecule has 5 heteroatoms. The van der Waals surface area contributed by atoms with E-state index in [2.05, 4.69) is 29.6 Å². The summed E-state index contributed by atoms with van der Waals surface area (Å²) in [5.74, 6) is 0.464. The molecule has 0 unspecified atom stereocenters. The molecule has 0 saturated carbocycles. The second-order valence-corrected chi connectivity index (χ2v) is 7.30. The second-order valence-electron chi connectivity index (χ2n) is 7.30. The lowest BCUT2D eigenvalue weighted by Crippen LogP contribution is -2.19. The van der Waals surface area contributed by atoms with Crippen molar-refractivity contribution < 1.29 is 19.4 Å². The molecule has 1 amide bonds. The average molecular weight is 389 g/mol. The number of fused-ring (bicyclic) bond motifs is 3. The first kappa shape index (κ1) is 18.9. The predicted molar refractivity (Wildman–Crippen MR) is 113 cm³/mol. The number of phenolic OH excluding ortho intramolecular Hbond substituents is 1.